The van der Waals surface area contributed by atoms with Crippen LogP contribution in [0.1, 0.15) is 48.5 Å². The molecule has 0 saturated heterocycles. The molecule has 0 N–H and O–H groups in total. The summed E-state index contributed by atoms with van der Waals surface area (Å²) in [5.74, 6) is 0.364. The molecular weight excluding hydrogens is 228 g/mol. The van der Waals surface area contributed by atoms with Gasteiger partial charge in [0.05, 0.1) is 5.56 Å². The third kappa shape index (κ3) is 3.33. The fourth-order valence-corrected chi connectivity index (χ4v) is 2.28. The molecule has 0 heterocycles. The van der Waals surface area contributed by atoms with Crippen molar-refractivity contribution in [3.63, 3.8) is 0 Å². The van der Waals surface area contributed by atoms with Crippen LogP contribution < -0.4 is 0 Å². The van der Waals surface area contributed by atoms with Gasteiger partial charge in [-0.15, -0.1) is 0 Å². The van der Waals surface area contributed by atoms with E-state index in [4.69, 9.17) is 9.78 Å². The summed E-state index contributed by atoms with van der Waals surface area (Å²) in [6, 6.07) is 7.37. The second kappa shape index (κ2) is 6.01. The average molecular weight is 248 g/mol. The van der Waals surface area contributed by atoms with E-state index in [1.165, 1.54) is 0 Å². The summed E-state index contributed by atoms with van der Waals surface area (Å²) in [7, 11) is 0. The second-order valence-electron chi connectivity index (χ2n) is 5.16. The van der Waals surface area contributed by atoms with Crippen LogP contribution in [0.15, 0.2) is 24.3 Å². The monoisotopic (exact) mass is 248 g/mol. The number of benzene rings is 1. The minimum Gasteiger partial charge on any atom is -0.293 e. The van der Waals surface area contributed by atoms with Crippen molar-refractivity contribution in [2.24, 2.45) is 5.92 Å². The fraction of sp³-hybridized carbons (Fsp3) is 0.533. The number of carbonyl (C=O) groups is 1. The van der Waals surface area contributed by atoms with Crippen molar-refractivity contribution in [3.8, 4) is 0 Å². The molecule has 3 nitrogen and oxygen atoms in total. The first-order valence-corrected chi connectivity index (χ1v) is 6.60. The molecule has 0 unspecified atom stereocenters. The third-order valence-corrected chi connectivity index (χ3v) is 3.59. The van der Waals surface area contributed by atoms with E-state index in [9.17, 15) is 4.79 Å². The Morgan fingerprint density at radius 1 is 1.17 bits per heavy atom. The van der Waals surface area contributed by atoms with E-state index in [-0.39, 0.29) is 6.10 Å². The van der Waals surface area contributed by atoms with Crippen molar-refractivity contribution in [1.29, 1.82) is 0 Å². The number of hydrogen-bond acceptors (Lipinski definition) is 3. The molecule has 1 saturated carbocycles. The van der Waals surface area contributed by atoms with Crippen LogP contribution >= 0.6 is 0 Å². The summed E-state index contributed by atoms with van der Waals surface area (Å²) >= 11 is 0. The highest BCUT2D eigenvalue weighted by atomic mass is 17.2. The van der Waals surface area contributed by atoms with Gasteiger partial charge in [-0.2, -0.15) is 4.89 Å². The Morgan fingerprint density at radius 2 is 1.83 bits per heavy atom. The van der Waals surface area contributed by atoms with E-state index in [0.717, 1.165) is 37.2 Å². The summed E-state index contributed by atoms with van der Waals surface area (Å²) in [6.45, 7) is 4.13. The summed E-state index contributed by atoms with van der Waals surface area (Å²) in [6.07, 6.45) is 4.30. The SMILES string of the molecule is Cc1ccccc1C(=O)OOC1CCC(C)CC1. The molecule has 1 fully saturated rings. The van der Waals surface area contributed by atoms with Crippen LogP contribution in [0, 0.1) is 12.8 Å². The molecule has 0 atom stereocenters. The molecule has 1 aromatic rings. The van der Waals surface area contributed by atoms with Gasteiger partial charge in [0.2, 0.25) is 0 Å². The predicted octanol–water partition coefficient (Wildman–Crippen LogP) is 3.66. The summed E-state index contributed by atoms with van der Waals surface area (Å²) in [4.78, 5) is 22.0. The largest absolute Gasteiger partial charge is 0.373 e. The molecule has 0 aliphatic heterocycles. The van der Waals surface area contributed by atoms with Crippen LogP contribution in [0.2, 0.25) is 0 Å². The van der Waals surface area contributed by atoms with E-state index in [1.807, 2.05) is 25.1 Å². The van der Waals surface area contributed by atoms with Crippen molar-refractivity contribution >= 4 is 5.97 Å². The molecule has 1 aliphatic carbocycles. The van der Waals surface area contributed by atoms with E-state index < -0.39 is 5.97 Å². The Morgan fingerprint density at radius 3 is 2.50 bits per heavy atom. The number of hydrogen-bond donors (Lipinski definition) is 0. The topological polar surface area (TPSA) is 35.5 Å². The molecule has 1 aromatic carbocycles. The Balaban J connectivity index is 1.84. The van der Waals surface area contributed by atoms with Crippen LogP contribution in [0.4, 0.5) is 0 Å². The molecule has 3 heteroatoms. The average Bonchev–Trinajstić information content (AvgIpc) is 2.38. The van der Waals surface area contributed by atoms with Crippen molar-refractivity contribution in [3.05, 3.63) is 35.4 Å². The maximum Gasteiger partial charge on any atom is 0.373 e. The first-order chi connectivity index (χ1) is 8.66. The van der Waals surface area contributed by atoms with Crippen LogP contribution in [-0.4, -0.2) is 12.1 Å². The molecule has 0 spiro atoms. The minimum atomic E-state index is -0.397. The molecule has 0 bridgehead atoms. The molecule has 1 aliphatic rings. The van der Waals surface area contributed by atoms with E-state index >= 15 is 0 Å². The van der Waals surface area contributed by atoms with Crippen molar-refractivity contribution in [2.45, 2.75) is 45.6 Å². The van der Waals surface area contributed by atoms with Crippen LogP contribution in [-0.2, 0) is 9.78 Å². The Bertz CT molecular complexity index is 406. The van der Waals surface area contributed by atoms with Gasteiger partial charge in [-0.05, 0) is 50.2 Å². The quantitative estimate of drug-likeness (QED) is 0.605. The van der Waals surface area contributed by atoms with Gasteiger partial charge in [-0.1, -0.05) is 25.1 Å². The van der Waals surface area contributed by atoms with Gasteiger partial charge in [0, 0.05) is 0 Å². The van der Waals surface area contributed by atoms with Gasteiger partial charge in [-0.25, -0.2) is 4.79 Å². The van der Waals surface area contributed by atoms with Gasteiger partial charge in [0.1, 0.15) is 6.10 Å². The van der Waals surface area contributed by atoms with E-state index in [0.29, 0.717) is 5.56 Å². The lowest BCUT2D eigenvalue weighted by Gasteiger charge is -2.24. The lowest BCUT2D eigenvalue weighted by atomic mass is 9.89. The molecule has 18 heavy (non-hydrogen) atoms. The van der Waals surface area contributed by atoms with Gasteiger partial charge in [-0.3, -0.25) is 4.89 Å². The highest BCUT2D eigenvalue weighted by molar-refractivity contribution is 5.90. The molecule has 2 rings (SSSR count). The van der Waals surface area contributed by atoms with Crippen LogP contribution in [0.25, 0.3) is 0 Å². The van der Waals surface area contributed by atoms with E-state index in [1.54, 1.807) is 6.07 Å². The zero-order chi connectivity index (χ0) is 13.0. The van der Waals surface area contributed by atoms with Crippen LogP contribution in [0.3, 0.4) is 0 Å². The minimum absolute atomic E-state index is 0.0640. The first kappa shape index (κ1) is 13.1. The van der Waals surface area contributed by atoms with Gasteiger partial charge in [0.25, 0.3) is 0 Å². The van der Waals surface area contributed by atoms with Gasteiger partial charge >= 0.3 is 5.97 Å². The second-order valence-corrected chi connectivity index (χ2v) is 5.16. The van der Waals surface area contributed by atoms with E-state index in [2.05, 4.69) is 6.92 Å². The van der Waals surface area contributed by atoms with Gasteiger partial charge in [0.15, 0.2) is 0 Å². The predicted molar refractivity (Wildman–Crippen MR) is 69.1 cm³/mol. The van der Waals surface area contributed by atoms with Crippen molar-refractivity contribution in [2.75, 3.05) is 0 Å². The Hall–Kier alpha value is -1.35. The first-order valence-electron chi connectivity index (χ1n) is 6.60. The molecule has 0 aromatic heterocycles. The van der Waals surface area contributed by atoms with Crippen molar-refractivity contribution < 1.29 is 14.6 Å². The molecule has 98 valence electrons. The number of aryl methyl sites for hydroxylation is 1. The number of carbonyl (C=O) groups excluding carboxylic acids is 1. The third-order valence-electron chi connectivity index (χ3n) is 3.59. The summed E-state index contributed by atoms with van der Waals surface area (Å²) < 4.78 is 0. The standard InChI is InChI=1S/C15H20O3/c1-11-7-9-13(10-8-11)17-18-15(16)14-6-4-3-5-12(14)2/h3-6,11,13H,7-10H2,1-2H3. The Kier molecular flexibility index (Phi) is 4.37. The molecular formula is C15H20O3. The number of rotatable bonds is 3. The summed E-state index contributed by atoms with van der Waals surface area (Å²) in [5.41, 5.74) is 1.48. The Labute approximate surface area is 108 Å². The maximum absolute atomic E-state index is 11.8. The molecule has 0 radical (unpaired) electrons. The zero-order valence-corrected chi connectivity index (χ0v) is 11.0. The highest BCUT2D eigenvalue weighted by Crippen LogP contribution is 2.25. The fourth-order valence-electron chi connectivity index (χ4n) is 2.28. The smallest absolute Gasteiger partial charge is 0.293 e. The molecule has 0 amide bonds. The highest BCUT2D eigenvalue weighted by Gasteiger charge is 2.21. The van der Waals surface area contributed by atoms with Crippen molar-refractivity contribution in [1.82, 2.24) is 0 Å². The lowest BCUT2D eigenvalue weighted by Crippen LogP contribution is -2.22. The maximum atomic E-state index is 11.8. The summed E-state index contributed by atoms with van der Waals surface area (Å²) in [5, 5.41) is 0. The van der Waals surface area contributed by atoms with Crippen LogP contribution in [0.5, 0.6) is 0 Å². The van der Waals surface area contributed by atoms with Gasteiger partial charge < -0.3 is 0 Å². The lowest BCUT2D eigenvalue weighted by molar-refractivity contribution is -0.280. The normalized spacial score (nSPS) is 23.7. The zero-order valence-electron chi connectivity index (χ0n) is 11.0.